The second kappa shape index (κ2) is 9.11. The van der Waals surface area contributed by atoms with E-state index < -0.39 is 12.0 Å². The van der Waals surface area contributed by atoms with E-state index in [1.807, 2.05) is 0 Å². The smallest absolute Gasteiger partial charge is 0.411 e. The highest BCUT2D eigenvalue weighted by atomic mass is 16.5. The van der Waals surface area contributed by atoms with Gasteiger partial charge in [-0.15, -0.1) is 0 Å². The number of furan rings is 1. The van der Waals surface area contributed by atoms with E-state index in [2.05, 4.69) is 16.0 Å². The Balaban J connectivity index is 1.81. The zero-order chi connectivity index (χ0) is 18.1. The Bertz CT molecular complexity index is 728. The number of hydrogen-bond donors (Lipinski definition) is 3. The van der Waals surface area contributed by atoms with Crippen LogP contribution >= 0.6 is 0 Å². The molecule has 0 saturated heterocycles. The fourth-order valence-corrected chi connectivity index (χ4v) is 1.95. The molecule has 132 valence electrons. The van der Waals surface area contributed by atoms with Crippen LogP contribution in [0.1, 0.15) is 23.0 Å². The summed E-state index contributed by atoms with van der Waals surface area (Å²) in [5, 5.41) is 7.64. The summed E-state index contributed by atoms with van der Waals surface area (Å²) in [7, 11) is 0. The fraction of sp³-hybridized carbons (Fsp3) is 0.235. The van der Waals surface area contributed by atoms with Gasteiger partial charge < -0.3 is 19.8 Å². The van der Waals surface area contributed by atoms with Gasteiger partial charge in [-0.25, -0.2) is 4.79 Å². The lowest BCUT2D eigenvalue weighted by Gasteiger charge is -2.08. The molecule has 0 saturated carbocycles. The maximum Gasteiger partial charge on any atom is 0.411 e. The molecule has 0 aliphatic heterocycles. The van der Waals surface area contributed by atoms with E-state index in [9.17, 15) is 14.4 Å². The van der Waals surface area contributed by atoms with Crippen LogP contribution in [-0.2, 0) is 16.1 Å². The van der Waals surface area contributed by atoms with Crippen molar-refractivity contribution in [3.05, 3.63) is 54.0 Å². The Morgan fingerprint density at radius 3 is 2.68 bits per heavy atom. The van der Waals surface area contributed by atoms with Gasteiger partial charge in [0, 0.05) is 11.3 Å². The van der Waals surface area contributed by atoms with Crippen LogP contribution in [0.25, 0.3) is 0 Å². The standard InChI is InChI=1S/C17H19N3O5/c1-2-24-17(23)20-13-6-3-5-12(9-13)16(22)19-11-15(21)18-10-14-7-4-8-25-14/h3-9H,2,10-11H2,1H3,(H,18,21)(H,19,22)(H,20,23). The lowest BCUT2D eigenvalue weighted by atomic mass is 10.2. The maximum atomic E-state index is 12.1. The molecule has 0 bridgehead atoms. The summed E-state index contributed by atoms with van der Waals surface area (Å²) < 4.78 is 9.87. The van der Waals surface area contributed by atoms with Crippen LogP contribution in [0.5, 0.6) is 0 Å². The lowest BCUT2D eigenvalue weighted by molar-refractivity contribution is -0.120. The van der Waals surface area contributed by atoms with Crippen molar-refractivity contribution in [3.63, 3.8) is 0 Å². The first kappa shape index (κ1) is 18.1. The Hall–Kier alpha value is -3.29. The Morgan fingerprint density at radius 2 is 1.96 bits per heavy atom. The third kappa shape index (κ3) is 6.02. The predicted octanol–water partition coefficient (Wildman–Crippen LogP) is 1.89. The van der Waals surface area contributed by atoms with Gasteiger partial charge in [0.05, 0.1) is 26.0 Å². The summed E-state index contributed by atoms with van der Waals surface area (Å²) in [6, 6.07) is 9.78. The highest BCUT2D eigenvalue weighted by Gasteiger charge is 2.10. The minimum absolute atomic E-state index is 0.172. The van der Waals surface area contributed by atoms with E-state index in [4.69, 9.17) is 9.15 Å². The molecular weight excluding hydrogens is 326 g/mol. The van der Waals surface area contributed by atoms with Gasteiger partial charge in [-0.1, -0.05) is 6.07 Å². The summed E-state index contributed by atoms with van der Waals surface area (Å²) in [6.45, 7) is 2.02. The molecule has 1 aromatic carbocycles. The molecule has 2 rings (SSSR count). The van der Waals surface area contributed by atoms with Crippen molar-refractivity contribution in [2.24, 2.45) is 0 Å². The number of ether oxygens (including phenoxy) is 1. The minimum atomic E-state index is -0.600. The van der Waals surface area contributed by atoms with Gasteiger partial charge in [-0.05, 0) is 37.3 Å². The molecular formula is C17H19N3O5. The number of anilines is 1. The van der Waals surface area contributed by atoms with Crippen molar-refractivity contribution >= 4 is 23.6 Å². The number of benzene rings is 1. The molecule has 0 fully saturated rings. The molecule has 3 amide bonds. The topological polar surface area (TPSA) is 110 Å². The summed E-state index contributed by atoms with van der Waals surface area (Å²) >= 11 is 0. The Labute approximate surface area is 144 Å². The molecule has 0 radical (unpaired) electrons. The number of nitrogens with one attached hydrogen (secondary N) is 3. The monoisotopic (exact) mass is 345 g/mol. The highest BCUT2D eigenvalue weighted by Crippen LogP contribution is 2.11. The molecule has 25 heavy (non-hydrogen) atoms. The molecule has 0 unspecified atom stereocenters. The van der Waals surface area contributed by atoms with Gasteiger partial charge in [0.25, 0.3) is 5.91 Å². The van der Waals surface area contributed by atoms with Crippen molar-refractivity contribution in [2.45, 2.75) is 13.5 Å². The van der Waals surface area contributed by atoms with Crippen LogP contribution in [0.4, 0.5) is 10.5 Å². The van der Waals surface area contributed by atoms with Crippen molar-refractivity contribution in [1.82, 2.24) is 10.6 Å². The number of carbonyl (C=O) groups excluding carboxylic acids is 3. The van der Waals surface area contributed by atoms with Crippen LogP contribution in [0.15, 0.2) is 47.1 Å². The summed E-state index contributed by atoms with van der Waals surface area (Å²) in [5.41, 5.74) is 0.738. The van der Waals surface area contributed by atoms with Gasteiger partial charge in [-0.2, -0.15) is 0 Å². The van der Waals surface area contributed by atoms with Crippen molar-refractivity contribution in [2.75, 3.05) is 18.5 Å². The Kier molecular flexibility index (Phi) is 6.58. The molecule has 0 aliphatic rings. The molecule has 3 N–H and O–H groups in total. The van der Waals surface area contributed by atoms with Gasteiger partial charge in [0.1, 0.15) is 5.76 Å². The summed E-state index contributed by atoms with van der Waals surface area (Å²) in [6.07, 6.45) is 0.915. The zero-order valence-corrected chi connectivity index (χ0v) is 13.7. The number of rotatable bonds is 7. The third-order valence-corrected chi connectivity index (χ3v) is 3.10. The quantitative estimate of drug-likeness (QED) is 0.710. The molecule has 8 nitrogen and oxygen atoms in total. The second-order valence-corrected chi connectivity index (χ2v) is 4.97. The molecule has 8 heteroatoms. The van der Waals surface area contributed by atoms with Crippen molar-refractivity contribution in [1.29, 1.82) is 0 Å². The van der Waals surface area contributed by atoms with Crippen molar-refractivity contribution < 1.29 is 23.5 Å². The SMILES string of the molecule is CCOC(=O)Nc1cccc(C(=O)NCC(=O)NCc2ccco2)c1. The van der Waals surface area contributed by atoms with Gasteiger partial charge in [-0.3, -0.25) is 14.9 Å². The van der Waals surface area contributed by atoms with Crippen LogP contribution in [0.3, 0.4) is 0 Å². The molecule has 1 aromatic heterocycles. The average Bonchev–Trinajstić information content (AvgIpc) is 3.12. The summed E-state index contributed by atoms with van der Waals surface area (Å²) in [5.74, 6) is -0.149. The van der Waals surface area contributed by atoms with Crippen LogP contribution in [0.2, 0.25) is 0 Å². The minimum Gasteiger partial charge on any atom is -0.467 e. The first-order chi connectivity index (χ1) is 12.1. The maximum absolute atomic E-state index is 12.1. The van der Waals surface area contributed by atoms with E-state index in [0.717, 1.165) is 0 Å². The molecule has 0 atom stereocenters. The molecule has 0 spiro atoms. The highest BCUT2D eigenvalue weighted by molar-refractivity contribution is 5.98. The second-order valence-electron chi connectivity index (χ2n) is 4.97. The summed E-state index contributed by atoms with van der Waals surface area (Å²) in [4.78, 5) is 35.2. The van der Waals surface area contributed by atoms with Gasteiger partial charge in [0.15, 0.2) is 0 Å². The third-order valence-electron chi connectivity index (χ3n) is 3.10. The zero-order valence-electron chi connectivity index (χ0n) is 13.7. The Morgan fingerprint density at radius 1 is 1.12 bits per heavy atom. The van der Waals surface area contributed by atoms with Crippen molar-refractivity contribution in [3.8, 4) is 0 Å². The molecule has 0 aliphatic carbocycles. The normalized spacial score (nSPS) is 9.96. The van der Waals surface area contributed by atoms with E-state index >= 15 is 0 Å². The fourth-order valence-electron chi connectivity index (χ4n) is 1.95. The molecule has 1 heterocycles. The van der Waals surface area contributed by atoms with Crippen LogP contribution in [0, 0.1) is 0 Å². The van der Waals surface area contributed by atoms with E-state index in [1.165, 1.54) is 12.3 Å². The van der Waals surface area contributed by atoms with E-state index in [-0.39, 0.29) is 25.6 Å². The number of hydrogen-bond acceptors (Lipinski definition) is 5. The first-order valence-electron chi connectivity index (χ1n) is 7.69. The average molecular weight is 345 g/mol. The number of amides is 3. The largest absolute Gasteiger partial charge is 0.467 e. The van der Waals surface area contributed by atoms with Gasteiger partial charge in [0.2, 0.25) is 5.91 Å². The lowest BCUT2D eigenvalue weighted by Crippen LogP contribution is -2.36. The van der Waals surface area contributed by atoms with Crippen LogP contribution < -0.4 is 16.0 Å². The molecule has 2 aromatic rings. The van der Waals surface area contributed by atoms with E-state index in [1.54, 1.807) is 37.3 Å². The van der Waals surface area contributed by atoms with Gasteiger partial charge >= 0.3 is 6.09 Å². The van der Waals surface area contributed by atoms with E-state index in [0.29, 0.717) is 17.0 Å². The first-order valence-corrected chi connectivity index (χ1v) is 7.69. The predicted molar refractivity (Wildman–Crippen MR) is 90.0 cm³/mol. The van der Waals surface area contributed by atoms with Crippen LogP contribution in [-0.4, -0.2) is 31.1 Å². The number of carbonyl (C=O) groups is 3.